The van der Waals surface area contributed by atoms with Crippen LogP contribution in [0.15, 0.2) is 47.5 Å². The van der Waals surface area contributed by atoms with Gasteiger partial charge in [-0.3, -0.25) is 9.79 Å². The summed E-state index contributed by atoms with van der Waals surface area (Å²) in [5.41, 5.74) is 11.2. The number of nitrogens with two attached hydrogens (primary N) is 1. The van der Waals surface area contributed by atoms with E-state index in [-0.39, 0.29) is 12.3 Å². The van der Waals surface area contributed by atoms with Crippen molar-refractivity contribution in [2.45, 2.75) is 59.3 Å². The van der Waals surface area contributed by atoms with Crippen molar-refractivity contribution in [3.63, 3.8) is 0 Å². The van der Waals surface area contributed by atoms with E-state index in [1.54, 1.807) is 0 Å². The highest BCUT2D eigenvalue weighted by Gasteiger charge is 2.20. The molecule has 1 heterocycles. The molecule has 2 N–H and O–H groups in total. The van der Waals surface area contributed by atoms with E-state index in [4.69, 9.17) is 5.73 Å². The summed E-state index contributed by atoms with van der Waals surface area (Å²) in [6, 6.07) is 13.5. The Morgan fingerprint density at radius 2 is 1.41 bits per heavy atom. The third-order valence-corrected chi connectivity index (χ3v) is 4.92. The molecule has 144 valence electrons. The van der Waals surface area contributed by atoms with Crippen molar-refractivity contribution in [3.8, 4) is 0 Å². The number of nitrogens with zero attached hydrogens (tertiary/aromatic N) is 1. The summed E-state index contributed by atoms with van der Waals surface area (Å²) in [5, 5.41) is 0. The molecule has 0 saturated heterocycles. The van der Waals surface area contributed by atoms with Crippen molar-refractivity contribution in [3.05, 3.63) is 64.7 Å². The topological polar surface area (TPSA) is 55.5 Å². The summed E-state index contributed by atoms with van der Waals surface area (Å²) >= 11 is 0. The fourth-order valence-corrected chi connectivity index (χ4v) is 3.35. The second kappa shape index (κ2) is 10.7. The number of carbonyl (C=O) groups excluding carboxylic acids is 1. The Balaban J connectivity index is 0.000000275. The molecule has 1 aliphatic carbocycles. The smallest absolute Gasteiger partial charge is 0.184 e. The number of benzene rings is 2. The molecule has 4 rings (SSSR count). The number of aliphatic imine (C=N–C) groups is 1. The Labute approximate surface area is 163 Å². The Hall–Kier alpha value is -2.42. The van der Waals surface area contributed by atoms with Gasteiger partial charge >= 0.3 is 0 Å². The molecular formula is C24H32N2O. The zero-order valence-corrected chi connectivity index (χ0v) is 16.9. The van der Waals surface area contributed by atoms with Crippen molar-refractivity contribution >= 4 is 17.2 Å². The van der Waals surface area contributed by atoms with E-state index in [1.807, 2.05) is 63.2 Å². The van der Waals surface area contributed by atoms with Crippen molar-refractivity contribution in [1.82, 2.24) is 0 Å². The second-order valence-electron chi connectivity index (χ2n) is 6.83. The van der Waals surface area contributed by atoms with Crippen LogP contribution in [0.3, 0.4) is 0 Å². The first-order valence-corrected chi connectivity index (χ1v) is 10.2. The van der Waals surface area contributed by atoms with E-state index in [0.717, 1.165) is 33.7 Å². The molecule has 0 bridgehead atoms. The van der Waals surface area contributed by atoms with Gasteiger partial charge in [-0.25, -0.2) is 0 Å². The predicted octanol–water partition coefficient (Wildman–Crippen LogP) is 5.98. The first-order chi connectivity index (χ1) is 13.2. The predicted molar refractivity (Wildman–Crippen MR) is 116 cm³/mol. The average Bonchev–Trinajstić information content (AvgIpc) is 2.74. The van der Waals surface area contributed by atoms with Crippen LogP contribution in [0.1, 0.15) is 79.4 Å². The molecule has 2 aliphatic rings. The quantitative estimate of drug-likeness (QED) is 0.633. The minimum Gasteiger partial charge on any atom is -0.398 e. The highest BCUT2D eigenvalue weighted by molar-refractivity contribution is 6.22. The molecule has 0 radical (unpaired) electrons. The minimum atomic E-state index is 0.0689. The maximum atomic E-state index is 11.9. The van der Waals surface area contributed by atoms with Gasteiger partial charge in [-0.2, -0.15) is 0 Å². The van der Waals surface area contributed by atoms with Crippen LogP contribution < -0.4 is 5.73 Å². The Kier molecular flexibility index (Phi) is 8.25. The summed E-state index contributed by atoms with van der Waals surface area (Å²) in [5.74, 6) is 0.0689. The van der Waals surface area contributed by atoms with Crippen LogP contribution in [0.25, 0.3) is 0 Å². The molecule has 27 heavy (non-hydrogen) atoms. The van der Waals surface area contributed by atoms with Crippen LogP contribution in [0.4, 0.5) is 5.69 Å². The van der Waals surface area contributed by atoms with Crippen molar-refractivity contribution in [2.75, 3.05) is 12.3 Å². The zero-order chi connectivity index (χ0) is 19.6. The normalized spacial score (nSPS) is 15.4. The molecule has 2 aromatic rings. The summed E-state index contributed by atoms with van der Waals surface area (Å²) in [4.78, 5) is 16.3. The minimum absolute atomic E-state index is 0.0689. The highest BCUT2D eigenvalue weighted by Crippen LogP contribution is 2.22. The molecule has 1 fully saturated rings. The Bertz CT molecular complexity index is 777. The first-order valence-electron chi connectivity index (χ1n) is 10.2. The van der Waals surface area contributed by atoms with Gasteiger partial charge in [-0.05, 0) is 18.6 Å². The van der Waals surface area contributed by atoms with Crippen molar-refractivity contribution in [1.29, 1.82) is 0 Å². The van der Waals surface area contributed by atoms with Crippen LogP contribution in [-0.2, 0) is 0 Å². The number of carbonyl (C=O) groups is 1. The van der Waals surface area contributed by atoms with E-state index >= 15 is 0 Å². The molecule has 0 aromatic heterocycles. The number of fused-ring (bicyclic) bond motifs is 1. The van der Waals surface area contributed by atoms with Gasteiger partial charge in [0.1, 0.15) is 6.54 Å². The van der Waals surface area contributed by atoms with E-state index in [0.29, 0.717) is 0 Å². The van der Waals surface area contributed by atoms with Crippen LogP contribution >= 0.6 is 0 Å². The van der Waals surface area contributed by atoms with Gasteiger partial charge < -0.3 is 5.73 Å². The van der Waals surface area contributed by atoms with E-state index in [2.05, 4.69) is 4.99 Å². The maximum absolute atomic E-state index is 11.9. The third kappa shape index (κ3) is 5.53. The average molecular weight is 365 g/mol. The van der Waals surface area contributed by atoms with Crippen molar-refractivity contribution < 1.29 is 4.79 Å². The molecule has 3 heteroatoms. The van der Waals surface area contributed by atoms with E-state index in [9.17, 15) is 4.79 Å². The number of nitrogen functional groups attached to an aromatic ring is 1. The lowest BCUT2D eigenvalue weighted by Crippen LogP contribution is -2.19. The van der Waals surface area contributed by atoms with Crippen LogP contribution in [0.2, 0.25) is 0 Å². The van der Waals surface area contributed by atoms with Gasteiger partial charge in [0.05, 0.1) is 5.71 Å². The number of anilines is 1. The molecule has 2 aromatic carbocycles. The zero-order valence-electron chi connectivity index (χ0n) is 16.9. The molecule has 0 atom stereocenters. The Morgan fingerprint density at radius 3 is 1.96 bits per heavy atom. The van der Waals surface area contributed by atoms with E-state index < -0.39 is 0 Å². The van der Waals surface area contributed by atoms with Crippen molar-refractivity contribution in [2.24, 2.45) is 4.99 Å². The third-order valence-electron chi connectivity index (χ3n) is 4.92. The number of hydrogen-bond acceptors (Lipinski definition) is 3. The summed E-state index contributed by atoms with van der Waals surface area (Å²) in [6.45, 7) is 6.18. The van der Waals surface area contributed by atoms with Crippen LogP contribution in [-0.4, -0.2) is 18.0 Å². The molecular weight excluding hydrogens is 332 g/mol. The standard InChI is InChI=1S/C16H14N2O.C6H12.C2H6/c1-10-6-7-11(8-14(10)17)16-13-5-3-2-4-12(13)15(19)9-18-16;1-2-4-6-5-3-1;1-2/h2-8H,9,17H2,1H3;1-6H2;1-2H3. The van der Waals surface area contributed by atoms with Gasteiger partial charge in [0.15, 0.2) is 5.78 Å². The molecule has 0 unspecified atom stereocenters. The first kappa shape index (κ1) is 20.9. The Morgan fingerprint density at radius 1 is 0.852 bits per heavy atom. The number of aryl methyl sites for hydroxylation is 1. The van der Waals surface area contributed by atoms with Gasteiger partial charge in [-0.1, -0.05) is 88.8 Å². The lowest BCUT2D eigenvalue weighted by Gasteiger charge is -2.16. The van der Waals surface area contributed by atoms with E-state index in [1.165, 1.54) is 38.5 Å². The van der Waals surface area contributed by atoms with Gasteiger partial charge in [0.2, 0.25) is 0 Å². The molecule has 1 aliphatic heterocycles. The number of hydrogen-bond donors (Lipinski definition) is 1. The summed E-state index contributed by atoms with van der Waals surface area (Å²) in [7, 11) is 0. The summed E-state index contributed by atoms with van der Waals surface area (Å²) < 4.78 is 0. The number of rotatable bonds is 1. The van der Waals surface area contributed by atoms with Gasteiger partial charge in [-0.15, -0.1) is 0 Å². The maximum Gasteiger partial charge on any atom is 0.184 e. The number of ketones is 1. The fraction of sp³-hybridized carbons (Fsp3) is 0.417. The SMILES string of the molecule is C1CCCCC1.CC.Cc1ccc(C2=NCC(=O)c3ccccc32)cc1N. The van der Waals surface area contributed by atoms with Crippen LogP contribution in [0.5, 0.6) is 0 Å². The fourth-order valence-electron chi connectivity index (χ4n) is 3.35. The van der Waals surface area contributed by atoms with Gasteiger partial charge in [0.25, 0.3) is 0 Å². The summed E-state index contributed by atoms with van der Waals surface area (Å²) in [6.07, 6.45) is 9.00. The number of Topliss-reactive ketones (excluding diaryl/α,β-unsaturated/α-hetero) is 1. The second-order valence-corrected chi connectivity index (χ2v) is 6.83. The lowest BCUT2D eigenvalue weighted by molar-refractivity contribution is 0.1000. The molecule has 1 saturated carbocycles. The largest absolute Gasteiger partial charge is 0.398 e. The monoisotopic (exact) mass is 364 g/mol. The lowest BCUT2D eigenvalue weighted by atomic mass is 9.92. The molecule has 0 amide bonds. The molecule has 3 nitrogen and oxygen atoms in total. The highest BCUT2D eigenvalue weighted by atomic mass is 16.1. The molecule has 0 spiro atoms. The van der Waals surface area contributed by atoms with Gasteiger partial charge in [0, 0.05) is 22.4 Å². The van der Waals surface area contributed by atoms with Crippen LogP contribution in [0, 0.1) is 6.92 Å².